The average molecular weight is 271 g/mol. The number of amides is 1. The number of carbonyl (C=O) groups is 1. The predicted molar refractivity (Wildman–Crippen MR) is 76.9 cm³/mol. The smallest absolute Gasteiger partial charge is 0.237 e. The van der Waals surface area contributed by atoms with E-state index in [1.54, 1.807) is 0 Å². The van der Waals surface area contributed by atoms with Crippen molar-refractivity contribution in [1.29, 1.82) is 0 Å². The Balaban J connectivity index is 2.74. The number of carbonyl (C=O) groups excluding carboxylic acids is 1. The van der Waals surface area contributed by atoms with E-state index in [0.717, 1.165) is 39.1 Å². The molecular weight excluding hydrogens is 242 g/mol. The van der Waals surface area contributed by atoms with Gasteiger partial charge in [0.2, 0.25) is 5.91 Å². The number of nitrogens with one attached hydrogen (secondary N) is 1. The zero-order valence-corrected chi connectivity index (χ0v) is 12.5. The lowest BCUT2D eigenvalue weighted by Gasteiger charge is -2.38. The molecule has 1 heterocycles. The van der Waals surface area contributed by atoms with E-state index in [0.29, 0.717) is 12.5 Å². The molecule has 1 rings (SSSR count). The lowest BCUT2D eigenvalue weighted by Crippen LogP contribution is -2.56. The molecule has 5 nitrogen and oxygen atoms in total. The molecule has 0 spiro atoms. The number of hydrogen-bond donors (Lipinski definition) is 2. The fourth-order valence-corrected chi connectivity index (χ4v) is 2.66. The molecule has 0 aromatic heterocycles. The molecule has 19 heavy (non-hydrogen) atoms. The van der Waals surface area contributed by atoms with Gasteiger partial charge in [-0.2, -0.15) is 0 Å². The molecule has 0 radical (unpaired) electrons. The van der Waals surface area contributed by atoms with Gasteiger partial charge in [0.25, 0.3) is 0 Å². The van der Waals surface area contributed by atoms with Gasteiger partial charge in [-0.05, 0) is 12.8 Å². The standard InChI is InChI=1S/C14H29N3O2/c1-4-12(5-2)13(14(18)16-11(3)10-15)17-6-8-19-9-7-17/h11-13H,4-10,15H2,1-3H3,(H,16,18)/t11-,13?/m0/s1. The first kappa shape index (κ1) is 16.4. The first-order chi connectivity index (χ1) is 9.13. The molecule has 2 atom stereocenters. The average Bonchev–Trinajstić information content (AvgIpc) is 2.45. The summed E-state index contributed by atoms with van der Waals surface area (Å²) in [6.45, 7) is 9.85. The molecule has 0 aliphatic carbocycles. The summed E-state index contributed by atoms with van der Waals surface area (Å²) in [6.07, 6.45) is 2.03. The topological polar surface area (TPSA) is 67.6 Å². The first-order valence-electron chi connectivity index (χ1n) is 7.46. The lowest BCUT2D eigenvalue weighted by molar-refractivity contribution is -0.131. The van der Waals surface area contributed by atoms with Crippen LogP contribution in [0.4, 0.5) is 0 Å². The molecular formula is C14H29N3O2. The highest BCUT2D eigenvalue weighted by Gasteiger charge is 2.33. The Bertz CT molecular complexity index is 263. The summed E-state index contributed by atoms with van der Waals surface area (Å²) < 4.78 is 5.39. The van der Waals surface area contributed by atoms with Crippen LogP contribution in [-0.4, -0.2) is 55.7 Å². The minimum absolute atomic E-state index is 0.0328. The van der Waals surface area contributed by atoms with Crippen molar-refractivity contribution in [3.63, 3.8) is 0 Å². The molecule has 5 heteroatoms. The summed E-state index contributed by atoms with van der Waals surface area (Å²) in [4.78, 5) is 14.8. The van der Waals surface area contributed by atoms with Gasteiger partial charge in [-0.25, -0.2) is 0 Å². The van der Waals surface area contributed by atoms with Crippen LogP contribution in [0.5, 0.6) is 0 Å². The molecule has 112 valence electrons. The van der Waals surface area contributed by atoms with Crippen molar-refractivity contribution in [3.8, 4) is 0 Å². The fraction of sp³-hybridized carbons (Fsp3) is 0.929. The van der Waals surface area contributed by atoms with Crippen LogP contribution in [0.15, 0.2) is 0 Å². The van der Waals surface area contributed by atoms with E-state index in [1.807, 2.05) is 6.92 Å². The predicted octanol–water partition coefficient (Wildman–Crippen LogP) is 0.587. The maximum Gasteiger partial charge on any atom is 0.237 e. The summed E-state index contributed by atoms with van der Waals surface area (Å²) >= 11 is 0. The summed E-state index contributed by atoms with van der Waals surface area (Å²) in [5.74, 6) is 0.511. The van der Waals surface area contributed by atoms with Crippen molar-refractivity contribution in [1.82, 2.24) is 10.2 Å². The Labute approximate surface area is 116 Å². The van der Waals surface area contributed by atoms with Gasteiger partial charge in [-0.3, -0.25) is 9.69 Å². The van der Waals surface area contributed by atoms with Crippen molar-refractivity contribution in [2.75, 3.05) is 32.8 Å². The van der Waals surface area contributed by atoms with Gasteiger partial charge < -0.3 is 15.8 Å². The molecule has 3 N–H and O–H groups in total. The summed E-state index contributed by atoms with van der Waals surface area (Å²) in [5, 5.41) is 3.03. The van der Waals surface area contributed by atoms with Crippen LogP contribution in [0.25, 0.3) is 0 Å². The molecule has 0 saturated carbocycles. The zero-order chi connectivity index (χ0) is 14.3. The Morgan fingerprint density at radius 1 is 1.32 bits per heavy atom. The molecule has 1 amide bonds. The third-order valence-corrected chi connectivity index (χ3v) is 3.95. The summed E-state index contributed by atoms with van der Waals surface area (Å²) in [7, 11) is 0. The van der Waals surface area contributed by atoms with Gasteiger partial charge in [-0.15, -0.1) is 0 Å². The van der Waals surface area contributed by atoms with Crippen LogP contribution in [0, 0.1) is 5.92 Å². The minimum Gasteiger partial charge on any atom is -0.379 e. The van der Waals surface area contributed by atoms with Crippen molar-refractivity contribution in [2.45, 2.75) is 45.7 Å². The number of nitrogens with two attached hydrogens (primary N) is 1. The van der Waals surface area contributed by atoms with Crippen LogP contribution in [0.3, 0.4) is 0 Å². The van der Waals surface area contributed by atoms with Crippen molar-refractivity contribution < 1.29 is 9.53 Å². The molecule has 1 unspecified atom stereocenters. The van der Waals surface area contributed by atoms with Crippen LogP contribution in [0.2, 0.25) is 0 Å². The van der Waals surface area contributed by atoms with Crippen molar-refractivity contribution in [2.24, 2.45) is 11.7 Å². The summed E-state index contributed by atoms with van der Waals surface area (Å²) in [6, 6.07) is -0.0155. The molecule has 0 bridgehead atoms. The molecule has 0 aromatic carbocycles. The number of ether oxygens (including phenoxy) is 1. The van der Waals surface area contributed by atoms with Crippen molar-refractivity contribution in [3.05, 3.63) is 0 Å². The Hall–Kier alpha value is -0.650. The second kappa shape index (κ2) is 8.51. The fourth-order valence-electron chi connectivity index (χ4n) is 2.66. The SMILES string of the molecule is CCC(CC)C(C(=O)N[C@@H](C)CN)N1CCOCC1. The molecule has 0 aromatic rings. The maximum absolute atomic E-state index is 12.5. The normalized spacial score (nSPS) is 20.3. The number of hydrogen-bond acceptors (Lipinski definition) is 4. The second-order valence-corrected chi connectivity index (χ2v) is 5.32. The van der Waals surface area contributed by atoms with Crippen LogP contribution in [-0.2, 0) is 9.53 Å². The van der Waals surface area contributed by atoms with Gasteiger partial charge in [0, 0.05) is 25.7 Å². The van der Waals surface area contributed by atoms with Gasteiger partial charge in [0.05, 0.1) is 19.3 Å². The first-order valence-corrected chi connectivity index (χ1v) is 7.46. The Morgan fingerprint density at radius 2 is 1.89 bits per heavy atom. The Morgan fingerprint density at radius 3 is 2.37 bits per heavy atom. The second-order valence-electron chi connectivity index (χ2n) is 5.32. The van der Waals surface area contributed by atoms with Gasteiger partial charge in [-0.1, -0.05) is 26.7 Å². The zero-order valence-electron chi connectivity index (χ0n) is 12.5. The maximum atomic E-state index is 12.5. The third-order valence-electron chi connectivity index (χ3n) is 3.95. The van der Waals surface area contributed by atoms with E-state index >= 15 is 0 Å². The van der Waals surface area contributed by atoms with E-state index in [4.69, 9.17) is 10.5 Å². The number of nitrogens with zero attached hydrogens (tertiary/aromatic N) is 1. The van der Waals surface area contributed by atoms with E-state index < -0.39 is 0 Å². The van der Waals surface area contributed by atoms with Crippen molar-refractivity contribution >= 4 is 5.91 Å². The van der Waals surface area contributed by atoms with Gasteiger partial charge in [0.1, 0.15) is 0 Å². The highest BCUT2D eigenvalue weighted by Crippen LogP contribution is 2.20. The molecule has 1 saturated heterocycles. The van der Waals surface area contributed by atoms with E-state index in [2.05, 4.69) is 24.1 Å². The van der Waals surface area contributed by atoms with Crippen LogP contribution >= 0.6 is 0 Å². The van der Waals surface area contributed by atoms with Crippen LogP contribution in [0.1, 0.15) is 33.6 Å². The van der Waals surface area contributed by atoms with E-state index in [9.17, 15) is 4.79 Å². The van der Waals surface area contributed by atoms with E-state index in [-0.39, 0.29) is 18.0 Å². The quantitative estimate of drug-likeness (QED) is 0.711. The van der Waals surface area contributed by atoms with E-state index in [1.165, 1.54) is 0 Å². The van der Waals surface area contributed by atoms with Gasteiger partial charge >= 0.3 is 0 Å². The lowest BCUT2D eigenvalue weighted by atomic mass is 9.91. The third kappa shape index (κ3) is 4.75. The Kier molecular flexibility index (Phi) is 7.34. The minimum atomic E-state index is -0.0482. The molecule has 1 fully saturated rings. The van der Waals surface area contributed by atoms with Gasteiger partial charge in [0.15, 0.2) is 0 Å². The molecule has 1 aliphatic heterocycles. The largest absolute Gasteiger partial charge is 0.379 e. The number of rotatable bonds is 7. The number of morpholine rings is 1. The highest BCUT2D eigenvalue weighted by atomic mass is 16.5. The van der Waals surface area contributed by atoms with Crippen LogP contribution < -0.4 is 11.1 Å². The highest BCUT2D eigenvalue weighted by molar-refractivity contribution is 5.82. The monoisotopic (exact) mass is 271 g/mol. The summed E-state index contributed by atoms with van der Waals surface area (Å²) in [5.41, 5.74) is 5.59. The molecule has 1 aliphatic rings.